The molecule has 0 bridgehead atoms. The minimum Gasteiger partial charge on any atom is -0.478 e. The fraction of sp³-hybridized carbons (Fsp3) is 0.0714. The predicted molar refractivity (Wildman–Crippen MR) is 66.0 cm³/mol. The third-order valence-corrected chi connectivity index (χ3v) is 2.69. The predicted octanol–water partition coefficient (Wildman–Crippen LogP) is 2.91. The van der Waals surface area contributed by atoms with Crippen LogP contribution in [0, 0.1) is 0 Å². The van der Waals surface area contributed by atoms with Crippen LogP contribution in [0.5, 0.6) is 23.0 Å². The molecule has 0 unspecified atom stereocenters. The van der Waals surface area contributed by atoms with Crippen LogP contribution >= 0.6 is 0 Å². The zero-order valence-corrected chi connectivity index (χ0v) is 9.83. The van der Waals surface area contributed by atoms with E-state index in [1.165, 1.54) is 6.07 Å². The maximum atomic E-state index is 11.2. The molecule has 0 spiro atoms. The van der Waals surface area contributed by atoms with Crippen molar-refractivity contribution in [2.75, 3.05) is 6.79 Å². The number of rotatable bonds is 3. The number of fused-ring (bicyclic) bond motifs is 1. The van der Waals surface area contributed by atoms with E-state index in [1.54, 1.807) is 30.3 Å². The van der Waals surface area contributed by atoms with Crippen molar-refractivity contribution < 1.29 is 24.1 Å². The highest BCUT2D eigenvalue weighted by Gasteiger charge is 2.25. The third-order valence-electron chi connectivity index (χ3n) is 2.69. The minimum atomic E-state index is -1.08. The van der Waals surface area contributed by atoms with Gasteiger partial charge in [-0.25, -0.2) is 4.79 Å². The highest BCUT2D eigenvalue weighted by molar-refractivity contribution is 5.93. The van der Waals surface area contributed by atoms with Gasteiger partial charge in [0, 0.05) is 0 Å². The van der Waals surface area contributed by atoms with Gasteiger partial charge in [-0.3, -0.25) is 0 Å². The van der Waals surface area contributed by atoms with Gasteiger partial charge in [0.05, 0.1) is 0 Å². The number of ether oxygens (including phenoxy) is 3. The fourth-order valence-electron chi connectivity index (χ4n) is 1.82. The molecule has 0 aromatic heterocycles. The van der Waals surface area contributed by atoms with Crippen LogP contribution in [-0.2, 0) is 0 Å². The van der Waals surface area contributed by atoms with Gasteiger partial charge in [-0.2, -0.15) is 0 Å². The van der Waals surface area contributed by atoms with Crippen LogP contribution < -0.4 is 14.2 Å². The number of carboxylic acids is 1. The van der Waals surface area contributed by atoms with E-state index in [0.717, 1.165) is 0 Å². The number of carbonyl (C=O) groups is 1. The second-order valence-corrected chi connectivity index (χ2v) is 3.90. The van der Waals surface area contributed by atoms with Crippen molar-refractivity contribution in [1.82, 2.24) is 0 Å². The zero-order valence-electron chi connectivity index (χ0n) is 9.83. The summed E-state index contributed by atoms with van der Waals surface area (Å²) in [7, 11) is 0. The minimum absolute atomic E-state index is 0.0353. The van der Waals surface area contributed by atoms with Crippen molar-refractivity contribution in [2.45, 2.75) is 0 Å². The molecule has 5 nitrogen and oxygen atoms in total. The van der Waals surface area contributed by atoms with Crippen molar-refractivity contribution in [3.05, 3.63) is 48.0 Å². The van der Waals surface area contributed by atoms with E-state index in [2.05, 4.69) is 0 Å². The van der Waals surface area contributed by atoms with E-state index in [4.69, 9.17) is 14.2 Å². The van der Waals surface area contributed by atoms with Crippen LogP contribution in [0.2, 0.25) is 0 Å². The van der Waals surface area contributed by atoms with Gasteiger partial charge in [-0.1, -0.05) is 18.2 Å². The lowest BCUT2D eigenvalue weighted by Gasteiger charge is -2.11. The number of hydrogen-bond donors (Lipinski definition) is 1. The normalized spacial score (nSPS) is 12.2. The maximum Gasteiger partial charge on any atom is 0.339 e. The second-order valence-electron chi connectivity index (χ2n) is 3.90. The highest BCUT2D eigenvalue weighted by atomic mass is 16.7. The Labute approximate surface area is 109 Å². The lowest BCUT2D eigenvalue weighted by molar-refractivity contribution is 0.0693. The molecule has 1 aliphatic heterocycles. The smallest absolute Gasteiger partial charge is 0.339 e. The Bertz CT molecular complexity index is 621. The number of hydrogen-bond acceptors (Lipinski definition) is 4. The van der Waals surface area contributed by atoms with Gasteiger partial charge in [0.1, 0.15) is 11.3 Å². The van der Waals surface area contributed by atoms with Gasteiger partial charge in [-0.15, -0.1) is 0 Å². The number of carboxylic acid groups (broad SMARTS) is 1. The molecule has 0 aliphatic carbocycles. The first-order valence-electron chi connectivity index (χ1n) is 5.64. The van der Waals surface area contributed by atoms with Crippen molar-refractivity contribution in [1.29, 1.82) is 0 Å². The summed E-state index contributed by atoms with van der Waals surface area (Å²) in [6.45, 7) is 0.0591. The molecule has 0 saturated carbocycles. The number of aromatic carboxylic acids is 1. The molecule has 0 fully saturated rings. The third kappa shape index (κ3) is 2.06. The van der Waals surface area contributed by atoms with Gasteiger partial charge < -0.3 is 19.3 Å². The monoisotopic (exact) mass is 258 g/mol. The van der Waals surface area contributed by atoms with E-state index in [-0.39, 0.29) is 18.1 Å². The molecule has 3 rings (SSSR count). The van der Waals surface area contributed by atoms with Crippen molar-refractivity contribution in [3.63, 3.8) is 0 Å². The molecule has 19 heavy (non-hydrogen) atoms. The Morgan fingerprint density at radius 3 is 2.63 bits per heavy atom. The molecular formula is C14H10O5. The first kappa shape index (κ1) is 11.4. The zero-order chi connectivity index (χ0) is 13.2. The van der Waals surface area contributed by atoms with Crippen LogP contribution in [0.3, 0.4) is 0 Å². The molecule has 0 amide bonds. The van der Waals surface area contributed by atoms with Crippen LogP contribution in [0.4, 0.5) is 0 Å². The molecule has 2 aromatic carbocycles. The van der Waals surface area contributed by atoms with Gasteiger partial charge in [0.25, 0.3) is 0 Å². The van der Waals surface area contributed by atoms with Crippen LogP contribution in [-0.4, -0.2) is 17.9 Å². The summed E-state index contributed by atoms with van der Waals surface area (Å²) in [4.78, 5) is 11.2. The number of para-hydroxylation sites is 1. The van der Waals surface area contributed by atoms with Gasteiger partial charge in [0.15, 0.2) is 11.5 Å². The average Bonchev–Trinajstić information content (AvgIpc) is 2.88. The maximum absolute atomic E-state index is 11.2. The quantitative estimate of drug-likeness (QED) is 0.916. The van der Waals surface area contributed by atoms with Crippen LogP contribution in [0.15, 0.2) is 42.5 Å². The van der Waals surface area contributed by atoms with E-state index < -0.39 is 5.97 Å². The lowest BCUT2D eigenvalue weighted by Crippen LogP contribution is -2.01. The Balaban J connectivity index is 2.08. The van der Waals surface area contributed by atoms with E-state index in [1.807, 2.05) is 6.07 Å². The van der Waals surface area contributed by atoms with E-state index >= 15 is 0 Å². The molecule has 1 N–H and O–H groups in total. The summed E-state index contributed by atoms with van der Waals surface area (Å²) in [6.07, 6.45) is 0. The summed E-state index contributed by atoms with van der Waals surface area (Å²) in [5, 5.41) is 9.20. The van der Waals surface area contributed by atoms with Gasteiger partial charge in [0.2, 0.25) is 12.5 Å². The Morgan fingerprint density at radius 1 is 1.11 bits per heavy atom. The molecule has 1 aliphatic rings. The largest absolute Gasteiger partial charge is 0.478 e. The van der Waals surface area contributed by atoms with E-state index in [9.17, 15) is 9.90 Å². The Kier molecular flexibility index (Phi) is 2.72. The number of benzene rings is 2. The molecule has 5 heteroatoms. The fourth-order valence-corrected chi connectivity index (χ4v) is 1.82. The van der Waals surface area contributed by atoms with Crippen molar-refractivity contribution in [3.8, 4) is 23.0 Å². The Hall–Kier alpha value is -2.69. The molecule has 1 heterocycles. The van der Waals surface area contributed by atoms with Gasteiger partial charge >= 0.3 is 5.97 Å². The second kappa shape index (κ2) is 4.53. The molecule has 2 aromatic rings. The van der Waals surface area contributed by atoms with Crippen molar-refractivity contribution in [2.24, 2.45) is 0 Å². The summed E-state index contributed by atoms with van der Waals surface area (Å²) < 4.78 is 16.1. The molecular weight excluding hydrogens is 248 g/mol. The summed E-state index contributed by atoms with van der Waals surface area (Å²) in [5.74, 6) is 0.423. The van der Waals surface area contributed by atoms with Gasteiger partial charge in [-0.05, 0) is 24.3 Å². The summed E-state index contributed by atoms with van der Waals surface area (Å²) in [6, 6.07) is 11.9. The topological polar surface area (TPSA) is 65.0 Å². The van der Waals surface area contributed by atoms with Crippen LogP contribution in [0.1, 0.15) is 10.4 Å². The standard InChI is InChI=1S/C14H10O5/c15-14(16)10-6-7-11-13(18-8-17-11)12(10)19-9-4-2-1-3-5-9/h1-7H,8H2,(H,15,16). The Morgan fingerprint density at radius 2 is 1.89 bits per heavy atom. The molecule has 0 radical (unpaired) electrons. The SMILES string of the molecule is O=C(O)c1ccc2c(c1Oc1ccccc1)OCO2. The van der Waals surface area contributed by atoms with Crippen molar-refractivity contribution >= 4 is 5.97 Å². The molecule has 0 saturated heterocycles. The summed E-state index contributed by atoms with van der Waals surface area (Å²) >= 11 is 0. The van der Waals surface area contributed by atoms with Crippen LogP contribution in [0.25, 0.3) is 0 Å². The first-order chi connectivity index (χ1) is 9.25. The summed E-state index contributed by atoms with van der Waals surface area (Å²) in [5.41, 5.74) is 0.0353. The van der Waals surface area contributed by atoms with E-state index in [0.29, 0.717) is 17.2 Å². The first-order valence-corrected chi connectivity index (χ1v) is 5.64. The molecule has 0 atom stereocenters. The average molecular weight is 258 g/mol. The molecule has 96 valence electrons. The highest BCUT2D eigenvalue weighted by Crippen LogP contribution is 2.44. The lowest BCUT2D eigenvalue weighted by atomic mass is 10.1.